The van der Waals surface area contributed by atoms with E-state index in [4.69, 9.17) is 4.74 Å². The van der Waals surface area contributed by atoms with Crippen molar-refractivity contribution in [3.8, 4) is 0 Å². The maximum Gasteiger partial charge on any atom is 0.416 e. The van der Waals surface area contributed by atoms with Gasteiger partial charge in [-0.2, -0.15) is 17.5 Å². The average molecular weight is 465 g/mol. The van der Waals surface area contributed by atoms with Gasteiger partial charge in [0.2, 0.25) is 15.9 Å². The van der Waals surface area contributed by atoms with Gasteiger partial charge in [-0.1, -0.05) is 6.07 Å². The van der Waals surface area contributed by atoms with Gasteiger partial charge < -0.3 is 9.64 Å². The van der Waals surface area contributed by atoms with Crippen molar-refractivity contribution < 1.29 is 35.9 Å². The summed E-state index contributed by atoms with van der Waals surface area (Å²) >= 11 is 0. The second kappa shape index (κ2) is 9.99. The van der Waals surface area contributed by atoms with E-state index in [1.807, 2.05) is 0 Å². The molecule has 0 unspecified atom stereocenters. The van der Waals surface area contributed by atoms with Crippen LogP contribution in [-0.2, 0) is 30.5 Å². The zero-order chi connectivity index (χ0) is 23.4. The normalized spacial score (nSPS) is 16.4. The van der Waals surface area contributed by atoms with E-state index in [1.54, 1.807) is 20.8 Å². The Morgan fingerprint density at radius 1 is 1.23 bits per heavy atom. The molecule has 0 bridgehead atoms. The topological polar surface area (TPSA) is 84.0 Å². The van der Waals surface area contributed by atoms with Crippen molar-refractivity contribution >= 4 is 21.9 Å². The zero-order valence-corrected chi connectivity index (χ0v) is 18.5. The van der Waals surface area contributed by atoms with Crippen LogP contribution in [0.4, 0.5) is 13.2 Å². The molecule has 11 heteroatoms. The fraction of sp³-hybridized carbons (Fsp3) is 0.600. The summed E-state index contributed by atoms with van der Waals surface area (Å²) in [7, 11) is -4.12. The van der Waals surface area contributed by atoms with Gasteiger partial charge in [-0.3, -0.25) is 9.59 Å². The third-order valence-electron chi connectivity index (χ3n) is 5.11. The number of rotatable bonds is 7. The number of hydrogen-bond donors (Lipinski definition) is 0. The highest BCUT2D eigenvalue weighted by Crippen LogP contribution is 2.32. The lowest BCUT2D eigenvalue weighted by molar-refractivity contribution is -0.152. The summed E-state index contributed by atoms with van der Waals surface area (Å²) < 4.78 is 70.4. The van der Waals surface area contributed by atoms with Crippen molar-refractivity contribution in [2.45, 2.75) is 50.7 Å². The molecule has 1 heterocycles. The van der Waals surface area contributed by atoms with E-state index < -0.39 is 38.5 Å². The van der Waals surface area contributed by atoms with Crippen LogP contribution in [0.2, 0.25) is 0 Å². The summed E-state index contributed by atoms with van der Waals surface area (Å²) in [5, 5.41) is 0. The molecule has 1 aromatic rings. The Morgan fingerprint density at radius 3 is 2.35 bits per heavy atom. The molecule has 0 spiro atoms. The first-order chi connectivity index (χ1) is 14.4. The molecular weight excluding hydrogens is 437 g/mol. The van der Waals surface area contributed by atoms with Crippen molar-refractivity contribution in [2.24, 2.45) is 5.92 Å². The second-order valence-electron chi connectivity index (χ2n) is 7.57. The molecular formula is C20H27F3N2O5S. The monoisotopic (exact) mass is 464 g/mol. The van der Waals surface area contributed by atoms with Crippen molar-refractivity contribution in [1.29, 1.82) is 0 Å². The van der Waals surface area contributed by atoms with Crippen LogP contribution in [0.3, 0.4) is 0 Å². The van der Waals surface area contributed by atoms with E-state index >= 15 is 0 Å². The number of benzene rings is 1. The van der Waals surface area contributed by atoms with Gasteiger partial charge in [0.15, 0.2) is 0 Å². The molecule has 1 fully saturated rings. The van der Waals surface area contributed by atoms with E-state index in [9.17, 15) is 31.2 Å². The third-order valence-corrected chi connectivity index (χ3v) is 7.01. The van der Waals surface area contributed by atoms with Crippen LogP contribution in [0.15, 0.2) is 29.2 Å². The molecule has 0 N–H and O–H groups in total. The van der Waals surface area contributed by atoms with Gasteiger partial charge in [0.05, 0.1) is 17.1 Å². The molecule has 1 saturated heterocycles. The molecule has 31 heavy (non-hydrogen) atoms. The summed E-state index contributed by atoms with van der Waals surface area (Å²) in [6, 6.07) is 3.37. The van der Waals surface area contributed by atoms with Gasteiger partial charge in [0.1, 0.15) is 6.54 Å². The Balaban J connectivity index is 2.09. The smallest absolute Gasteiger partial charge is 0.416 e. The van der Waals surface area contributed by atoms with Crippen molar-refractivity contribution in [2.75, 3.05) is 26.2 Å². The number of alkyl halides is 3. The van der Waals surface area contributed by atoms with Crippen LogP contribution in [0, 0.1) is 5.92 Å². The van der Waals surface area contributed by atoms with Crippen LogP contribution < -0.4 is 0 Å². The molecule has 1 aromatic carbocycles. The number of esters is 1. The number of nitrogens with zero attached hydrogens (tertiary/aromatic N) is 2. The average Bonchev–Trinajstić information content (AvgIpc) is 2.71. The van der Waals surface area contributed by atoms with Crippen LogP contribution in [-0.4, -0.2) is 61.8 Å². The van der Waals surface area contributed by atoms with Gasteiger partial charge in [0, 0.05) is 25.0 Å². The molecule has 1 aliphatic heterocycles. The summed E-state index contributed by atoms with van der Waals surface area (Å²) in [6.45, 7) is 5.22. The molecule has 174 valence electrons. The zero-order valence-electron chi connectivity index (χ0n) is 17.7. The maximum absolute atomic E-state index is 12.9. The molecule has 1 aliphatic rings. The van der Waals surface area contributed by atoms with Crippen LogP contribution in [0.1, 0.15) is 39.2 Å². The first-order valence-electron chi connectivity index (χ1n) is 10.0. The lowest BCUT2D eigenvalue weighted by Crippen LogP contribution is -2.48. The maximum atomic E-state index is 12.9. The molecule has 7 nitrogen and oxygen atoms in total. The molecule has 2 rings (SSSR count). The summed E-state index contributed by atoms with van der Waals surface area (Å²) in [5.41, 5.74) is -1.04. The van der Waals surface area contributed by atoms with Gasteiger partial charge in [-0.15, -0.1) is 0 Å². The first kappa shape index (κ1) is 25.1. The van der Waals surface area contributed by atoms with Gasteiger partial charge >= 0.3 is 12.1 Å². The predicted octanol–water partition coefficient (Wildman–Crippen LogP) is 2.91. The minimum absolute atomic E-state index is 0.000325. The van der Waals surface area contributed by atoms with E-state index in [1.165, 1.54) is 4.90 Å². The Labute approximate surface area is 180 Å². The number of amides is 1. The highest BCUT2D eigenvalue weighted by molar-refractivity contribution is 7.89. The van der Waals surface area contributed by atoms with E-state index in [2.05, 4.69) is 0 Å². The van der Waals surface area contributed by atoms with Gasteiger partial charge in [0.25, 0.3) is 0 Å². The number of ether oxygens (including phenoxy) is 1. The Hall–Kier alpha value is -2.14. The Bertz CT molecular complexity index is 894. The highest BCUT2D eigenvalue weighted by Gasteiger charge is 2.36. The molecule has 0 aromatic heterocycles. The summed E-state index contributed by atoms with van der Waals surface area (Å²) in [6.07, 6.45) is -4.23. The van der Waals surface area contributed by atoms with Crippen molar-refractivity contribution in [3.63, 3.8) is 0 Å². The second-order valence-corrected chi connectivity index (χ2v) is 9.51. The van der Waals surface area contributed by atoms with Crippen LogP contribution >= 0.6 is 0 Å². The van der Waals surface area contributed by atoms with Gasteiger partial charge in [-0.25, -0.2) is 8.42 Å². The lowest BCUT2D eigenvalue weighted by atomic mass is 9.96. The van der Waals surface area contributed by atoms with E-state index in [0.717, 1.165) is 22.5 Å². The number of sulfonamides is 1. The SMILES string of the molecule is CCOC(=O)CN(C(=O)C1CCN(S(=O)(=O)c2cccc(C(F)(F)F)c2)CC1)C(C)C. The minimum atomic E-state index is -4.65. The molecule has 0 saturated carbocycles. The lowest BCUT2D eigenvalue weighted by Gasteiger charge is -2.35. The number of carbonyl (C=O) groups is 2. The van der Waals surface area contributed by atoms with Crippen molar-refractivity contribution in [3.05, 3.63) is 29.8 Å². The third kappa shape index (κ3) is 6.19. The fourth-order valence-corrected chi connectivity index (χ4v) is 4.94. The quantitative estimate of drug-likeness (QED) is 0.580. The molecule has 1 amide bonds. The highest BCUT2D eigenvalue weighted by atomic mass is 32.2. The number of halogens is 3. The van der Waals surface area contributed by atoms with Crippen molar-refractivity contribution in [1.82, 2.24) is 9.21 Å². The Morgan fingerprint density at radius 2 is 1.84 bits per heavy atom. The van der Waals surface area contributed by atoms with Crippen LogP contribution in [0.25, 0.3) is 0 Å². The van der Waals surface area contributed by atoms with E-state index in [0.29, 0.717) is 6.07 Å². The molecule has 0 radical (unpaired) electrons. The van der Waals surface area contributed by atoms with Gasteiger partial charge in [-0.05, 0) is 51.8 Å². The molecule has 0 aliphatic carbocycles. The number of piperidine rings is 1. The van der Waals surface area contributed by atoms with Crippen LogP contribution in [0.5, 0.6) is 0 Å². The standard InChI is InChI=1S/C20H27F3N2O5S/c1-4-30-18(26)13-25(14(2)3)19(27)15-8-10-24(11-9-15)31(28,29)17-7-5-6-16(12-17)20(21,22)23/h5-7,12,14-15H,4,8-11,13H2,1-3H3. The molecule has 0 atom stereocenters. The summed E-state index contributed by atoms with van der Waals surface area (Å²) in [5.74, 6) is -1.27. The Kier molecular flexibility index (Phi) is 8.09. The number of carbonyl (C=O) groups excluding carboxylic acids is 2. The van der Waals surface area contributed by atoms with E-state index in [-0.39, 0.29) is 51.0 Å². The number of hydrogen-bond acceptors (Lipinski definition) is 5. The first-order valence-corrected chi connectivity index (χ1v) is 11.5. The fourth-order valence-electron chi connectivity index (χ4n) is 3.42. The predicted molar refractivity (Wildman–Crippen MR) is 106 cm³/mol. The minimum Gasteiger partial charge on any atom is -0.465 e. The summed E-state index contributed by atoms with van der Waals surface area (Å²) in [4.78, 5) is 25.7. The largest absolute Gasteiger partial charge is 0.465 e.